The van der Waals surface area contributed by atoms with Crippen LogP contribution in [0.1, 0.15) is 29.4 Å². The average molecular weight is 307 g/mol. The van der Waals surface area contributed by atoms with E-state index in [-0.39, 0.29) is 17.7 Å². The quantitative estimate of drug-likeness (QED) is 0.818. The molecule has 1 aromatic heterocycles. The summed E-state index contributed by atoms with van der Waals surface area (Å²) in [6, 6.07) is 6.99. The van der Waals surface area contributed by atoms with Gasteiger partial charge < -0.3 is 4.74 Å². The van der Waals surface area contributed by atoms with Crippen molar-refractivity contribution in [1.82, 2.24) is 9.36 Å². The van der Waals surface area contributed by atoms with Crippen molar-refractivity contribution >= 4 is 17.6 Å². The van der Waals surface area contributed by atoms with Crippen LogP contribution in [0.15, 0.2) is 29.1 Å². The minimum atomic E-state index is -0.541. The van der Waals surface area contributed by atoms with Crippen molar-refractivity contribution in [3.63, 3.8) is 0 Å². The Hall–Kier alpha value is -2.01. The zero-order chi connectivity index (χ0) is 15.0. The Balaban J connectivity index is 2.18. The van der Waals surface area contributed by atoms with Crippen LogP contribution in [0.4, 0.5) is 0 Å². The summed E-state index contributed by atoms with van der Waals surface area (Å²) in [7, 11) is 0. The Bertz CT molecular complexity index is 744. The molecule has 0 saturated heterocycles. The summed E-state index contributed by atoms with van der Waals surface area (Å²) in [5, 5.41) is 0.602. The van der Waals surface area contributed by atoms with Gasteiger partial charge in [-0.15, -0.1) is 0 Å². The maximum absolute atomic E-state index is 12.6. The van der Waals surface area contributed by atoms with E-state index in [0.29, 0.717) is 23.7 Å². The Labute approximate surface area is 126 Å². The number of ether oxygens (including phenoxy) is 1. The monoisotopic (exact) mass is 306 g/mol. The van der Waals surface area contributed by atoms with Crippen molar-refractivity contribution in [2.24, 2.45) is 0 Å². The van der Waals surface area contributed by atoms with E-state index in [2.05, 4.69) is 0 Å². The number of hydrogen-bond donors (Lipinski definition) is 0. The van der Waals surface area contributed by atoms with Gasteiger partial charge in [-0.25, -0.2) is 9.48 Å². The standard InChI is InChI=1S/C15H15ClN2O3/c1-2-21-15(20)13-12-4-3-9-17(12)18(14(13)19)11-7-5-10(16)6-8-11/h5-8H,2-4,9H2,1H3. The van der Waals surface area contributed by atoms with Gasteiger partial charge in [0.2, 0.25) is 0 Å². The fraction of sp³-hybridized carbons (Fsp3) is 0.333. The van der Waals surface area contributed by atoms with Gasteiger partial charge in [-0.1, -0.05) is 11.6 Å². The highest BCUT2D eigenvalue weighted by Crippen LogP contribution is 2.21. The van der Waals surface area contributed by atoms with Crippen LogP contribution in [-0.2, 0) is 17.7 Å². The molecule has 3 rings (SSSR count). The smallest absolute Gasteiger partial charge is 0.345 e. The number of esters is 1. The van der Waals surface area contributed by atoms with Gasteiger partial charge in [0.1, 0.15) is 5.56 Å². The van der Waals surface area contributed by atoms with Crippen LogP contribution >= 0.6 is 11.6 Å². The number of rotatable bonds is 3. The first-order chi connectivity index (χ1) is 10.1. The summed E-state index contributed by atoms with van der Waals surface area (Å²) in [5.74, 6) is -0.541. The molecule has 0 N–H and O–H groups in total. The van der Waals surface area contributed by atoms with E-state index < -0.39 is 5.97 Å². The van der Waals surface area contributed by atoms with Gasteiger partial charge in [0.15, 0.2) is 0 Å². The van der Waals surface area contributed by atoms with Crippen LogP contribution in [-0.4, -0.2) is 21.9 Å². The number of hydrogen-bond acceptors (Lipinski definition) is 3. The normalized spacial score (nSPS) is 13.2. The maximum Gasteiger partial charge on any atom is 0.345 e. The average Bonchev–Trinajstić information content (AvgIpc) is 3.00. The summed E-state index contributed by atoms with van der Waals surface area (Å²) in [5.41, 5.74) is 1.28. The molecular weight excluding hydrogens is 292 g/mol. The number of halogens is 1. The Morgan fingerprint density at radius 1 is 1.33 bits per heavy atom. The molecule has 0 fully saturated rings. The minimum absolute atomic E-state index is 0.157. The number of carbonyl (C=O) groups excluding carboxylic acids is 1. The second-order valence-corrected chi connectivity index (χ2v) is 5.30. The molecule has 1 aliphatic rings. The molecular formula is C15H15ClN2O3. The van der Waals surface area contributed by atoms with Gasteiger partial charge in [-0.05, 0) is 44.0 Å². The molecule has 1 aromatic carbocycles. The number of aromatic nitrogens is 2. The molecule has 2 aromatic rings. The van der Waals surface area contributed by atoms with E-state index in [0.717, 1.165) is 12.1 Å². The Kier molecular flexibility index (Phi) is 3.59. The minimum Gasteiger partial charge on any atom is -0.462 e. The highest BCUT2D eigenvalue weighted by Gasteiger charge is 2.29. The van der Waals surface area contributed by atoms with Gasteiger partial charge in [-0.3, -0.25) is 9.48 Å². The van der Waals surface area contributed by atoms with Crippen molar-refractivity contribution in [3.8, 4) is 5.69 Å². The summed E-state index contributed by atoms with van der Waals surface area (Å²) >= 11 is 5.88. The molecule has 0 aliphatic carbocycles. The molecule has 21 heavy (non-hydrogen) atoms. The lowest BCUT2D eigenvalue weighted by atomic mass is 10.2. The Morgan fingerprint density at radius 3 is 2.71 bits per heavy atom. The molecule has 110 valence electrons. The van der Waals surface area contributed by atoms with Crippen molar-refractivity contribution in [3.05, 3.63) is 50.9 Å². The van der Waals surface area contributed by atoms with Crippen molar-refractivity contribution in [2.75, 3.05) is 6.61 Å². The number of carbonyl (C=O) groups is 1. The van der Waals surface area contributed by atoms with E-state index >= 15 is 0 Å². The molecule has 0 saturated carbocycles. The van der Waals surface area contributed by atoms with Crippen LogP contribution in [0.5, 0.6) is 0 Å². The molecule has 0 amide bonds. The van der Waals surface area contributed by atoms with Crippen LogP contribution in [0.25, 0.3) is 5.69 Å². The molecule has 0 atom stereocenters. The molecule has 2 heterocycles. The highest BCUT2D eigenvalue weighted by atomic mass is 35.5. The number of fused-ring (bicyclic) bond motifs is 1. The van der Waals surface area contributed by atoms with Crippen molar-refractivity contribution in [2.45, 2.75) is 26.3 Å². The third-order valence-electron chi connectivity index (χ3n) is 3.58. The second kappa shape index (κ2) is 5.41. The van der Waals surface area contributed by atoms with Crippen molar-refractivity contribution in [1.29, 1.82) is 0 Å². The summed E-state index contributed by atoms with van der Waals surface area (Å²) < 4.78 is 8.41. The van der Waals surface area contributed by atoms with E-state index in [1.54, 1.807) is 31.2 Å². The zero-order valence-corrected chi connectivity index (χ0v) is 12.4. The largest absolute Gasteiger partial charge is 0.462 e. The first-order valence-electron chi connectivity index (χ1n) is 6.91. The molecule has 5 nitrogen and oxygen atoms in total. The highest BCUT2D eigenvalue weighted by molar-refractivity contribution is 6.30. The van der Waals surface area contributed by atoms with Crippen LogP contribution in [0.3, 0.4) is 0 Å². The molecule has 6 heteroatoms. The maximum atomic E-state index is 12.6. The first-order valence-corrected chi connectivity index (χ1v) is 7.29. The predicted octanol–water partition coefficient (Wildman–Crippen LogP) is 2.42. The van der Waals surface area contributed by atoms with E-state index in [4.69, 9.17) is 16.3 Å². The lowest BCUT2D eigenvalue weighted by Gasteiger charge is -2.08. The van der Waals surface area contributed by atoms with Gasteiger partial charge in [0.05, 0.1) is 18.0 Å². The lowest BCUT2D eigenvalue weighted by molar-refractivity contribution is 0.0523. The van der Waals surface area contributed by atoms with Crippen LogP contribution in [0, 0.1) is 0 Å². The van der Waals surface area contributed by atoms with Crippen LogP contribution < -0.4 is 5.56 Å². The third-order valence-corrected chi connectivity index (χ3v) is 3.83. The topological polar surface area (TPSA) is 53.2 Å². The summed E-state index contributed by atoms with van der Waals surface area (Å²) in [4.78, 5) is 24.7. The number of nitrogens with zero attached hydrogens (tertiary/aromatic N) is 2. The van der Waals surface area contributed by atoms with E-state index in [1.807, 2.05) is 4.68 Å². The molecule has 0 unspecified atom stereocenters. The SMILES string of the molecule is CCOC(=O)c1c2n(n(-c3ccc(Cl)cc3)c1=O)CCC2. The first kappa shape index (κ1) is 13.9. The van der Waals surface area contributed by atoms with E-state index in [1.165, 1.54) is 4.68 Å². The fourth-order valence-electron chi connectivity index (χ4n) is 2.72. The molecule has 0 spiro atoms. The summed E-state index contributed by atoms with van der Waals surface area (Å²) in [6.07, 6.45) is 1.62. The number of benzene rings is 1. The molecule has 0 bridgehead atoms. The molecule has 0 radical (unpaired) electrons. The van der Waals surface area contributed by atoms with Gasteiger partial charge in [0.25, 0.3) is 5.56 Å². The van der Waals surface area contributed by atoms with Gasteiger partial charge >= 0.3 is 5.97 Å². The van der Waals surface area contributed by atoms with Crippen LogP contribution in [0.2, 0.25) is 5.02 Å². The zero-order valence-electron chi connectivity index (χ0n) is 11.6. The fourth-order valence-corrected chi connectivity index (χ4v) is 2.85. The van der Waals surface area contributed by atoms with Gasteiger partial charge in [0, 0.05) is 11.6 Å². The van der Waals surface area contributed by atoms with E-state index in [9.17, 15) is 9.59 Å². The second-order valence-electron chi connectivity index (χ2n) is 4.86. The molecule has 1 aliphatic heterocycles. The lowest BCUT2D eigenvalue weighted by Crippen LogP contribution is -2.24. The third kappa shape index (κ3) is 2.27. The summed E-state index contributed by atoms with van der Waals surface area (Å²) in [6.45, 7) is 2.70. The van der Waals surface area contributed by atoms with Gasteiger partial charge in [-0.2, -0.15) is 0 Å². The Morgan fingerprint density at radius 2 is 2.05 bits per heavy atom. The van der Waals surface area contributed by atoms with Crippen molar-refractivity contribution < 1.29 is 9.53 Å². The predicted molar refractivity (Wildman–Crippen MR) is 79.3 cm³/mol.